The number of nitrogens with two attached hydrogens (primary N) is 1. The number of hydrogen-bond donors (Lipinski definition) is 3. The van der Waals surface area contributed by atoms with Crippen molar-refractivity contribution in [2.24, 2.45) is 5.14 Å². The van der Waals surface area contributed by atoms with Gasteiger partial charge in [-0.05, 0) is 77.1 Å². The van der Waals surface area contributed by atoms with Crippen molar-refractivity contribution >= 4 is 43.4 Å². The van der Waals surface area contributed by atoms with Crippen LogP contribution in [-0.4, -0.2) is 52.8 Å². The number of aromatic nitrogens is 6. The van der Waals surface area contributed by atoms with E-state index in [1.807, 2.05) is 13.8 Å². The molecule has 4 heterocycles. The molecule has 0 bridgehead atoms. The summed E-state index contributed by atoms with van der Waals surface area (Å²) in [7, 11) is -9.06. The Morgan fingerprint density at radius 2 is 1.15 bits per heavy atom. The molecule has 0 spiro atoms. The van der Waals surface area contributed by atoms with Gasteiger partial charge >= 0.3 is 6.03 Å². The summed E-state index contributed by atoms with van der Waals surface area (Å²) < 4.78 is 132. The fraction of sp³-hybridized carbons (Fsp3) is 0.190. The molecule has 0 aliphatic carbocycles. The number of halogens is 6. The van der Waals surface area contributed by atoms with Gasteiger partial charge in [0.15, 0.2) is 10.8 Å². The first kappa shape index (κ1) is 52.5. The first-order valence-corrected chi connectivity index (χ1v) is 22.0. The molecular formula is C42H34F6N12O6S2. The predicted octanol–water partition coefficient (Wildman–Crippen LogP) is 9.28. The van der Waals surface area contributed by atoms with Crippen molar-refractivity contribution in [2.75, 3.05) is 5.32 Å². The van der Waals surface area contributed by atoms with Crippen LogP contribution < -0.4 is 19.9 Å². The summed E-state index contributed by atoms with van der Waals surface area (Å²) in [5, 5.41) is 13.9. The van der Waals surface area contributed by atoms with Crippen molar-refractivity contribution in [1.82, 2.24) is 34.6 Å². The number of nitriles is 1. The molecule has 68 heavy (non-hydrogen) atoms. The maximum absolute atomic E-state index is 14.4. The second-order valence-corrected chi connectivity index (χ2v) is 17.1. The number of nitrogens with one attached hydrogen (secondary N) is 2. The topological polar surface area (TPSA) is 255 Å². The van der Waals surface area contributed by atoms with Crippen LogP contribution >= 0.6 is 0 Å². The van der Waals surface area contributed by atoms with E-state index in [-0.39, 0.29) is 34.7 Å². The Hall–Kier alpha value is -8.12. The standard InChI is InChI=1S/C21H17F3N6O3S.C16H12FN3O.C5H5F2N3O2S/c1-11(2)14-9-13(22)10-15(12-4-5-26-16(8-12)25-3)17(14)29-21(31)30-34(32,33)20-18(19(23)24)27-6-7-28-20;1-10(2)13-7-12(17)8-14(16(13)21-9-18)11-4-5-20-15(6-11)19-3;6-4(7)3-5(13(8,11)12)10-2-1-9-3/h4-11,19H,1-2H3,(H2,29,30,31);4-8,10H,1-2H3;1-2,4H,(H2,8,11,12). The molecule has 0 saturated heterocycles. The normalized spacial score (nSPS) is 11.1. The van der Waals surface area contributed by atoms with Gasteiger partial charge in [-0.2, -0.15) is 8.42 Å². The lowest BCUT2D eigenvalue weighted by Crippen LogP contribution is -2.36. The van der Waals surface area contributed by atoms with Crippen molar-refractivity contribution in [3.63, 3.8) is 0 Å². The quantitative estimate of drug-likeness (QED) is 0.0622. The predicted molar refractivity (Wildman–Crippen MR) is 231 cm³/mol. The Balaban J connectivity index is 0.000000250. The molecule has 2 amide bonds. The number of nitrogens with zero attached hydrogens (tertiary/aromatic N) is 9. The van der Waals surface area contributed by atoms with E-state index in [0.717, 1.165) is 30.9 Å². The highest BCUT2D eigenvalue weighted by atomic mass is 32.2. The molecule has 0 aliphatic heterocycles. The summed E-state index contributed by atoms with van der Waals surface area (Å²) in [6.07, 6.45) is 1.92. The lowest BCUT2D eigenvalue weighted by atomic mass is 9.94. The van der Waals surface area contributed by atoms with Crippen LogP contribution in [0, 0.1) is 36.3 Å². The first-order chi connectivity index (χ1) is 32.0. The van der Waals surface area contributed by atoms with E-state index in [1.165, 1.54) is 48.8 Å². The van der Waals surface area contributed by atoms with E-state index in [9.17, 15) is 48.0 Å². The summed E-state index contributed by atoms with van der Waals surface area (Å²) in [4.78, 5) is 40.0. The summed E-state index contributed by atoms with van der Waals surface area (Å²) in [5.41, 5.74) is 0.492. The molecule has 352 valence electrons. The smallest absolute Gasteiger partial charge is 0.333 e. The molecular weight excluding hydrogens is 947 g/mol. The average Bonchev–Trinajstić information content (AvgIpc) is 3.29. The monoisotopic (exact) mass is 980 g/mol. The Labute approximate surface area is 384 Å². The highest BCUT2D eigenvalue weighted by molar-refractivity contribution is 7.90. The maximum Gasteiger partial charge on any atom is 0.333 e. The average molecular weight is 981 g/mol. The van der Waals surface area contributed by atoms with E-state index in [1.54, 1.807) is 30.9 Å². The second-order valence-electron chi connectivity index (χ2n) is 14.0. The molecule has 26 heteroatoms. The van der Waals surface area contributed by atoms with Gasteiger partial charge in [0.1, 0.15) is 35.4 Å². The van der Waals surface area contributed by atoms with Crippen molar-refractivity contribution in [3.05, 3.63) is 143 Å². The number of benzene rings is 2. The van der Waals surface area contributed by atoms with Gasteiger partial charge in [-0.25, -0.2) is 59.4 Å². The number of pyridine rings is 2. The van der Waals surface area contributed by atoms with Crippen LogP contribution in [-0.2, 0) is 20.0 Å². The summed E-state index contributed by atoms with van der Waals surface area (Å²) in [6.45, 7) is 21.4. The van der Waals surface area contributed by atoms with Crippen LogP contribution in [0.4, 0.5) is 48.5 Å². The molecule has 0 atom stereocenters. The van der Waals surface area contributed by atoms with Crippen LogP contribution in [0.15, 0.2) is 95.8 Å². The number of carbonyl (C=O) groups is 1. The highest BCUT2D eigenvalue weighted by Gasteiger charge is 2.29. The van der Waals surface area contributed by atoms with Crippen LogP contribution in [0.3, 0.4) is 0 Å². The zero-order valence-electron chi connectivity index (χ0n) is 35.5. The van der Waals surface area contributed by atoms with E-state index < -0.39 is 72.0 Å². The molecule has 0 radical (unpaired) electrons. The third-order valence-electron chi connectivity index (χ3n) is 8.74. The molecule has 0 aliphatic rings. The minimum Gasteiger partial charge on any atom is -0.387 e. The van der Waals surface area contributed by atoms with Gasteiger partial charge in [0.25, 0.3) is 50.8 Å². The molecule has 6 rings (SSSR count). The first-order valence-electron chi connectivity index (χ1n) is 19.0. The zero-order valence-corrected chi connectivity index (χ0v) is 37.2. The summed E-state index contributed by atoms with van der Waals surface area (Å²) in [5.74, 6) is -0.825. The fourth-order valence-electron chi connectivity index (χ4n) is 5.87. The number of carbonyl (C=O) groups excluding carboxylic acids is 1. The SMILES string of the molecule is NS(=O)(=O)c1nccnc1C(F)F.[C-]#[N+]c1cc(-c2cc(F)cc(C(C)C)c2NC(=O)NS(=O)(=O)c2nccnc2C(F)F)ccn1.[C-]#[N+]c1cc(-c2cc(F)cc(C(C)C)c2OC#N)ccn1. The number of ether oxygens (including phenoxy) is 1. The number of sulfonamides is 2. The summed E-state index contributed by atoms with van der Waals surface area (Å²) in [6, 6.07) is 9.69. The molecule has 4 aromatic heterocycles. The van der Waals surface area contributed by atoms with E-state index in [4.69, 9.17) is 23.1 Å². The van der Waals surface area contributed by atoms with Crippen molar-refractivity contribution in [1.29, 1.82) is 5.26 Å². The van der Waals surface area contributed by atoms with Gasteiger partial charge < -0.3 is 19.7 Å². The maximum atomic E-state index is 14.4. The largest absolute Gasteiger partial charge is 0.387 e. The fourth-order valence-corrected chi connectivity index (χ4v) is 7.52. The van der Waals surface area contributed by atoms with Crippen LogP contribution in [0.5, 0.6) is 5.75 Å². The number of anilines is 1. The molecule has 0 saturated carbocycles. The zero-order chi connectivity index (χ0) is 50.5. The molecule has 6 aromatic rings. The molecule has 2 aromatic carbocycles. The molecule has 4 N–H and O–H groups in total. The third kappa shape index (κ3) is 13.5. The van der Waals surface area contributed by atoms with Gasteiger partial charge in [-0.15, -0.1) is 15.2 Å². The van der Waals surface area contributed by atoms with Gasteiger partial charge in [-0.3, -0.25) is 9.97 Å². The van der Waals surface area contributed by atoms with Crippen molar-refractivity contribution < 1.29 is 52.7 Å². The van der Waals surface area contributed by atoms with Crippen molar-refractivity contribution in [2.45, 2.75) is 62.4 Å². The minimum absolute atomic E-state index is 0.00929. The van der Waals surface area contributed by atoms with Crippen LogP contribution in [0.25, 0.3) is 31.9 Å². The third-order valence-corrected chi connectivity index (χ3v) is 10.9. The Morgan fingerprint density at radius 1 is 0.691 bits per heavy atom. The Bertz CT molecular complexity index is 3180. The number of urea groups is 1. The number of rotatable bonds is 11. The number of hydrogen-bond acceptors (Lipinski definition) is 13. The van der Waals surface area contributed by atoms with E-state index >= 15 is 0 Å². The lowest BCUT2D eigenvalue weighted by Gasteiger charge is -2.19. The molecule has 18 nitrogen and oxygen atoms in total. The van der Waals surface area contributed by atoms with Crippen molar-refractivity contribution in [3.8, 4) is 34.3 Å². The number of primary sulfonamides is 1. The number of alkyl halides is 4. The highest BCUT2D eigenvalue weighted by Crippen LogP contribution is 2.39. The lowest BCUT2D eigenvalue weighted by molar-refractivity contribution is 0.141. The van der Waals surface area contributed by atoms with Gasteiger partial charge in [0, 0.05) is 41.5 Å². The summed E-state index contributed by atoms with van der Waals surface area (Å²) >= 11 is 0. The number of amides is 2. The van der Waals surface area contributed by atoms with Crippen LogP contribution in [0.2, 0.25) is 0 Å². The second kappa shape index (κ2) is 22.9. The minimum atomic E-state index is -4.82. The molecule has 0 unspecified atom stereocenters. The Kier molecular flexibility index (Phi) is 17.7. The molecule has 0 fully saturated rings. The Morgan fingerprint density at radius 3 is 1.60 bits per heavy atom. The van der Waals surface area contributed by atoms with E-state index in [0.29, 0.717) is 33.6 Å². The van der Waals surface area contributed by atoms with Gasteiger partial charge in [-0.1, -0.05) is 40.8 Å². The van der Waals surface area contributed by atoms with Gasteiger partial charge in [0.2, 0.25) is 5.03 Å². The van der Waals surface area contributed by atoms with Crippen LogP contribution in [0.1, 0.15) is 74.9 Å². The van der Waals surface area contributed by atoms with Gasteiger partial charge in [0.05, 0.1) is 5.69 Å². The van der Waals surface area contributed by atoms with E-state index in [2.05, 4.69) is 50.0 Å².